The standard InChI is InChI=1S/C29H27NO3/c1-4-11-24-25(18-19-30(5-2)6-3)32-26-17-16-20-12-7-8-13-21(20)27(26)29(24)23-15-10-9-14-22(23)28(31)33-29/h4,7-18H,1,5-6,19H2,2-3H3/b24-11?,25-18+. The van der Waals surface area contributed by atoms with Gasteiger partial charge in [0.1, 0.15) is 11.5 Å². The van der Waals surface area contributed by atoms with E-state index in [-0.39, 0.29) is 5.97 Å². The monoisotopic (exact) mass is 437 g/mol. The van der Waals surface area contributed by atoms with Gasteiger partial charge in [0.2, 0.25) is 0 Å². The van der Waals surface area contributed by atoms with E-state index in [4.69, 9.17) is 9.47 Å². The van der Waals surface area contributed by atoms with Crippen molar-refractivity contribution in [1.29, 1.82) is 0 Å². The molecule has 0 amide bonds. The lowest BCUT2D eigenvalue weighted by Gasteiger charge is -2.39. The van der Waals surface area contributed by atoms with Gasteiger partial charge in [0.05, 0.1) is 11.1 Å². The third kappa shape index (κ3) is 3.21. The Bertz CT molecular complexity index is 1320. The molecule has 166 valence electrons. The van der Waals surface area contributed by atoms with E-state index in [1.54, 1.807) is 6.08 Å². The number of carbonyl (C=O) groups excluding carboxylic acids is 1. The molecule has 1 spiro atoms. The minimum absolute atomic E-state index is 0.329. The predicted molar refractivity (Wildman–Crippen MR) is 131 cm³/mol. The zero-order chi connectivity index (χ0) is 23.0. The Labute approximate surface area is 194 Å². The molecule has 0 saturated heterocycles. The summed E-state index contributed by atoms with van der Waals surface area (Å²) in [6.45, 7) is 10.8. The Morgan fingerprint density at radius 3 is 2.55 bits per heavy atom. The second-order valence-corrected chi connectivity index (χ2v) is 8.25. The van der Waals surface area contributed by atoms with E-state index < -0.39 is 5.60 Å². The van der Waals surface area contributed by atoms with Crippen LogP contribution in [0.2, 0.25) is 0 Å². The summed E-state index contributed by atoms with van der Waals surface area (Å²) in [5, 5.41) is 2.06. The van der Waals surface area contributed by atoms with E-state index >= 15 is 0 Å². The van der Waals surface area contributed by atoms with Crippen LogP contribution in [0.25, 0.3) is 10.8 Å². The predicted octanol–water partition coefficient (Wildman–Crippen LogP) is 5.98. The SMILES string of the molecule is C=CC=C1/C(=C\CN(CC)CC)Oc2ccc3ccccc3c2C12OC(=O)c1ccccc12. The van der Waals surface area contributed by atoms with Crippen LogP contribution in [0.1, 0.15) is 35.3 Å². The Balaban J connectivity index is 1.85. The van der Waals surface area contributed by atoms with Gasteiger partial charge < -0.3 is 14.4 Å². The summed E-state index contributed by atoms with van der Waals surface area (Å²) < 4.78 is 12.9. The van der Waals surface area contributed by atoms with Crippen molar-refractivity contribution in [3.8, 4) is 5.75 Å². The van der Waals surface area contributed by atoms with Crippen molar-refractivity contribution in [2.75, 3.05) is 19.6 Å². The molecule has 0 saturated carbocycles. The van der Waals surface area contributed by atoms with Crippen LogP contribution in [-0.4, -0.2) is 30.5 Å². The molecule has 0 N–H and O–H groups in total. The first kappa shape index (κ1) is 21.2. The van der Waals surface area contributed by atoms with Crippen LogP contribution < -0.4 is 4.74 Å². The molecule has 0 fully saturated rings. The van der Waals surface area contributed by atoms with Crippen molar-refractivity contribution in [2.45, 2.75) is 19.4 Å². The normalized spacial score (nSPS) is 21.4. The summed E-state index contributed by atoms with van der Waals surface area (Å²) in [5.74, 6) is 1.06. The van der Waals surface area contributed by atoms with E-state index in [2.05, 4.69) is 49.6 Å². The molecule has 3 aromatic carbocycles. The fourth-order valence-electron chi connectivity index (χ4n) is 4.95. The maximum absolute atomic E-state index is 13.2. The number of hydrogen-bond acceptors (Lipinski definition) is 4. The maximum Gasteiger partial charge on any atom is 0.340 e. The van der Waals surface area contributed by atoms with Gasteiger partial charge in [-0.25, -0.2) is 4.79 Å². The highest BCUT2D eigenvalue weighted by Gasteiger charge is 2.55. The average molecular weight is 438 g/mol. The Kier molecular flexibility index (Phi) is 5.39. The van der Waals surface area contributed by atoms with Gasteiger partial charge in [-0.15, -0.1) is 0 Å². The molecule has 33 heavy (non-hydrogen) atoms. The zero-order valence-corrected chi connectivity index (χ0v) is 19.0. The number of esters is 1. The maximum atomic E-state index is 13.2. The molecule has 2 aliphatic heterocycles. The fourth-order valence-corrected chi connectivity index (χ4v) is 4.95. The van der Waals surface area contributed by atoms with Gasteiger partial charge >= 0.3 is 5.97 Å². The Morgan fingerprint density at radius 2 is 1.76 bits per heavy atom. The molecular weight excluding hydrogens is 410 g/mol. The topological polar surface area (TPSA) is 38.8 Å². The molecule has 0 aromatic heterocycles. The van der Waals surface area contributed by atoms with Crippen molar-refractivity contribution in [3.05, 3.63) is 113 Å². The summed E-state index contributed by atoms with van der Waals surface area (Å²) in [5.41, 5.74) is 1.94. The first-order valence-electron chi connectivity index (χ1n) is 11.4. The zero-order valence-electron chi connectivity index (χ0n) is 19.0. The molecule has 4 nitrogen and oxygen atoms in total. The molecular formula is C29H27NO3. The number of allylic oxidation sites excluding steroid dienone is 2. The first-order valence-corrected chi connectivity index (χ1v) is 11.4. The van der Waals surface area contributed by atoms with Crippen LogP contribution in [0.4, 0.5) is 0 Å². The minimum Gasteiger partial charge on any atom is -0.457 e. The Hall–Kier alpha value is -3.63. The largest absolute Gasteiger partial charge is 0.457 e. The van der Waals surface area contributed by atoms with Crippen molar-refractivity contribution in [3.63, 3.8) is 0 Å². The number of ether oxygens (including phenoxy) is 2. The number of hydrogen-bond donors (Lipinski definition) is 0. The molecule has 0 radical (unpaired) electrons. The van der Waals surface area contributed by atoms with Gasteiger partial charge in [-0.3, -0.25) is 0 Å². The van der Waals surface area contributed by atoms with Gasteiger partial charge in [0.25, 0.3) is 0 Å². The van der Waals surface area contributed by atoms with E-state index in [0.29, 0.717) is 17.1 Å². The molecule has 1 atom stereocenters. The third-order valence-corrected chi connectivity index (χ3v) is 6.59. The summed E-state index contributed by atoms with van der Waals surface area (Å²) in [6, 6.07) is 19.8. The van der Waals surface area contributed by atoms with Crippen molar-refractivity contribution >= 4 is 16.7 Å². The first-order chi connectivity index (χ1) is 16.1. The number of fused-ring (bicyclic) bond motifs is 6. The molecule has 0 aliphatic carbocycles. The fraction of sp³-hybridized carbons (Fsp3) is 0.207. The van der Waals surface area contributed by atoms with Crippen molar-refractivity contribution in [2.24, 2.45) is 0 Å². The lowest BCUT2D eigenvalue weighted by molar-refractivity contribution is 0.0207. The van der Waals surface area contributed by atoms with E-state index in [9.17, 15) is 4.79 Å². The summed E-state index contributed by atoms with van der Waals surface area (Å²) in [7, 11) is 0. The second kappa shape index (κ2) is 8.38. The summed E-state index contributed by atoms with van der Waals surface area (Å²) in [6.07, 6.45) is 5.72. The second-order valence-electron chi connectivity index (χ2n) is 8.25. The number of rotatable bonds is 5. The summed E-state index contributed by atoms with van der Waals surface area (Å²) >= 11 is 0. The van der Waals surface area contributed by atoms with Gasteiger partial charge in [0.15, 0.2) is 5.60 Å². The lowest BCUT2D eigenvalue weighted by Crippen LogP contribution is -2.37. The quantitative estimate of drug-likeness (QED) is 0.460. The van der Waals surface area contributed by atoms with Crippen LogP contribution in [-0.2, 0) is 10.3 Å². The average Bonchev–Trinajstić information content (AvgIpc) is 3.14. The van der Waals surface area contributed by atoms with Crippen LogP contribution in [0.15, 0.2) is 96.8 Å². The molecule has 2 aliphatic rings. The van der Waals surface area contributed by atoms with Crippen LogP contribution in [0, 0.1) is 0 Å². The highest BCUT2D eigenvalue weighted by Crippen LogP contribution is 2.56. The van der Waals surface area contributed by atoms with Crippen LogP contribution in [0.5, 0.6) is 5.75 Å². The molecule has 0 bridgehead atoms. The molecule has 1 unspecified atom stereocenters. The van der Waals surface area contributed by atoms with Crippen LogP contribution >= 0.6 is 0 Å². The number of nitrogens with zero attached hydrogens (tertiary/aromatic N) is 1. The van der Waals surface area contributed by atoms with Gasteiger partial charge in [-0.1, -0.05) is 81.1 Å². The van der Waals surface area contributed by atoms with E-state index in [1.165, 1.54) is 0 Å². The van der Waals surface area contributed by atoms with Gasteiger partial charge in [-0.2, -0.15) is 0 Å². The van der Waals surface area contributed by atoms with E-state index in [0.717, 1.165) is 47.1 Å². The van der Waals surface area contributed by atoms with Gasteiger partial charge in [-0.05, 0) is 42.1 Å². The van der Waals surface area contributed by atoms with Crippen molar-refractivity contribution < 1.29 is 14.3 Å². The van der Waals surface area contributed by atoms with Crippen molar-refractivity contribution in [1.82, 2.24) is 4.90 Å². The molecule has 2 heterocycles. The number of likely N-dealkylation sites (N-methyl/N-ethyl adjacent to an activating group) is 1. The smallest absolute Gasteiger partial charge is 0.340 e. The highest BCUT2D eigenvalue weighted by molar-refractivity contribution is 6.00. The third-order valence-electron chi connectivity index (χ3n) is 6.59. The van der Waals surface area contributed by atoms with Gasteiger partial charge in [0, 0.05) is 17.7 Å². The Morgan fingerprint density at radius 1 is 1.00 bits per heavy atom. The number of carbonyl (C=O) groups is 1. The summed E-state index contributed by atoms with van der Waals surface area (Å²) in [4.78, 5) is 15.5. The minimum atomic E-state index is -1.11. The van der Waals surface area contributed by atoms with E-state index in [1.807, 2.05) is 48.5 Å². The highest BCUT2D eigenvalue weighted by atomic mass is 16.6. The molecule has 3 aromatic rings. The van der Waals surface area contributed by atoms with Crippen LogP contribution in [0.3, 0.4) is 0 Å². The molecule has 4 heteroatoms. The molecule has 5 rings (SSSR count). The lowest BCUT2D eigenvalue weighted by atomic mass is 9.74. The number of benzene rings is 3.